The van der Waals surface area contributed by atoms with Crippen LogP contribution in [-0.4, -0.2) is 82.3 Å². The highest BCUT2D eigenvalue weighted by molar-refractivity contribution is 8.00. The number of fused-ring (bicyclic) bond motifs is 3. The lowest BCUT2D eigenvalue weighted by molar-refractivity contribution is -0.158. The SMILES string of the molecule is CO/N=C\C(=O)N1c2nc(NC(=O)OC(C)(C)C)sc2C2S[C@H]3C1C(=O)N3C(C(=O)OC(C)(C)C)=C2COC(C)=O. The summed E-state index contributed by atoms with van der Waals surface area (Å²) >= 11 is 2.32. The van der Waals surface area contributed by atoms with Crippen molar-refractivity contribution in [1.29, 1.82) is 0 Å². The van der Waals surface area contributed by atoms with Gasteiger partial charge in [0.15, 0.2) is 10.9 Å². The van der Waals surface area contributed by atoms with E-state index < -0.39 is 57.7 Å². The van der Waals surface area contributed by atoms with Gasteiger partial charge in [-0.05, 0) is 41.5 Å². The summed E-state index contributed by atoms with van der Waals surface area (Å²) in [6.45, 7) is 11.1. The van der Waals surface area contributed by atoms with E-state index in [1.54, 1.807) is 41.5 Å². The van der Waals surface area contributed by atoms with Crippen molar-refractivity contribution in [2.75, 3.05) is 23.9 Å². The number of esters is 2. The Morgan fingerprint density at radius 3 is 2.34 bits per heavy atom. The minimum atomic E-state index is -1.05. The molecule has 1 fully saturated rings. The summed E-state index contributed by atoms with van der Waals surface area (Å²) in [5, 5.41) is 4.84. The summed E-state index contributed by atoms with van der Waals surface area (Å²) < 4.78 is 16.3. The molecule has 4 heterocycles. The number of ether oxygens (including phenoxy) is 3. The van der Waals surface area contributed by atoms with Crippen molar-refractivity contribution in [3.8, 4) is 0 Å². The number of nitrogens with one attached hydrogen (secondary N) is 1. The first-order valence-corrected chi connectivity index (χ1v) is 14.3. The standard InChI is InChI=1S/C25H31N5O9S2/c1-11(31)37-10-12-14(21(34)38-24(2,3)4)30-19(33)15-20(30)40-16(12)17-18(29(15)13(32)9-26-36-8)27-22(41-17)28-23(35)39-25(5,6)7/h9,15-16,20H,10H2,1-8H3,(H,27,28,35)/b26-9-/t15?,16?,20-/m0/s1. The molecule has 3 atom stereocenters. The normalized spacial score (nSPS) is 21.6. The van der Waals surface area contributed by atoms with Gasteiger partial charge in [-0.1, -0.05) is 16.5 Å². The van der Waals surface area contributed by atoms with Gasteiger partial charge in [-0.2, -0.15) is 0 Å². The molecule has 41 heavy (non-hydrogen) atoms. The van der Waals surface area contributed by atoms with Crippen molar-refractivity contribution in [2.24, 2.45) is 5.16 Å². The van der Waals surface area contributed by atoms with Crippen LogP contribution in [0.5, 0.6) is 0 Å². The molecule has 16 heteroatoms. The maximum atomic E-state index is 13.7. The number of amides is 3. The third-order valence-corrected chi connectivity index (χ3v) is 8.38. The Kier molecular flexibility index (Phi) is 8.10. The number of thioether (sulfide) groups is 1. The van der Waals surface area contributed by atoms with Gasteiger partial charge in [-0.3, -0.25) is 29.5 Å². The van der Waals surface area contributed by atoms with Crippen molar-refractivity contribution in [2.45, 2.75) is 76.3 Å². The number of anilines is 2. The Morgan fingerprint density at radius 2 is 1.76 bits per heavy atom. The summed E-state index contributed by atoms with van der Waals surface area (Å²) in [6.07, 6.45) is 0.132. The molecule has 2 unspecified atom stereocenters. The molecule has 2 bridgehead atoms. The van der Waals surface area contributed by atoms with Crippen LogP contribution in [0, 0.1) is 0 Å². The molecule has 0 aliphatic carbocycles. The van der Waals surface area contributed by atoms with Crippen molar-refractivity contribution in [3.63, 3.8) is 0 Å². The Balaban J connectivity index is 1.89. The zero-order valence-corrected chi connectivity index (χ0v) is 25.4. The smallest absolute Gasteiger partial charge is 0.413 e. The second kappa shape index (κ2) is 11.0. The van der Waals surface area contributed by atoms with E-state index in [4.69, 9.17) is 14.2 Å². The molecule has 3 aliphatic rings. The Bertz CT molecular complexity index is 1360. The van der Waals surface area contributed by atoms with E-state index in [1.807, 2.05) is 0 Å². The molecule has 1 saturated heterocycles. The van der Waals surface area contributed by atoms with Gasteiger partial charge in [-0.25, -0.2) is 14.6 Å². The van der Waals surface area contributed by atoms with Crippen LogP contribution in [0.4, 0.5) is 15.7 Å². The van der Waals surface area contributed by atoms with Crippen LogP contribution in [0.2, 0.25) is 0 Å². The Labute approximate surface area is 244 Å². The monoisotopic (exact) mass is 609 g/mol. The van der Waals surface area contributed by atoms with Crippen LogP contribution >= 0.6 is 23.1 Å². The molecule has 1 aromatic heterocycles. The Morgan fingerprint density at radius 1 is 1.10 bits per heavy atom. The number of hydrogen-bond acceptors (Lipinski definition) is 13. The summed E-state index contributed by atoms with van der Waals surface area (Å²) in [7, 11) is 1.26. The summed E-state index contributed by atoms with van der Waals surface area (Å²) in [5.41, 5.74) is -1.44. The summed E-state index contributed by atoms with van der Waals surface area (Å²) in [5.74, 6) is -2.56. The van der Waals surface area contributed by atoms with Crippen LogP contribution in [0.1, 0.15) is 58.6 Å². The number of hydrogen-bond donors (Lipinski definition) is 1. The van der Waals surface area contributed by atoms with Gasteiger partial charge in [0, 0.05) is 12.5 Å². The summed E-state index contributed by atoms with van der Waals surface area (Å²) in [4.78, 5) is 77.0. The van der Waals surface area contributed by atoms with E-state index in [0.29, 0.717) is 4.88 Å². The molecule has 3 aliphatic heterocycles. The lowest BCUT2D eigenvalue weighted by Gasteiger charge is -2.52. The average molecular weight is 610 g/mol. The molecule has 0 spiro atoms. The molecule has 1 N–H and O–H groups in total. The van der Waals surface area contributed by atoms with Crippen LogP contribution in [-0.2, 0) is 38.2 Å². The molecule has 222 valence electrons. The van der Waals surface area contributed by atoms with Crippen molar-refractivity contribution in [1.82, 2.24) is 9.88 Å². The van der Waals surface area contributed by atoms with E-state index in [-0.39, 0.29) is 28.8 Å². The zero-order valence-electron chi connectivity index (χ0n) is 23.8. The topological polar surface area (TPSA) is 166 Å². The number of oxime groups is 1. The number of carbonyl (C=O) groups is 5. The quantitative estimate of drug-likeness (QED) is 0.166. The van der Waals surface area contributed by atoms with E-state index >= 15 is 0 Å². The van der Waals surface area contributed by atoms with E-state index in [0.717, 1.165) is 17.6 Å². The second-order valence-electron chi connectivity index (χ2n) is 11.2. The van der Waals surface area contributed by atoms with Crippen molar-refractivity contribution < 1.29 is 43.0 Å². The predicted molar refractivity (Wildman–Crippen MR) is 149 cm³/mol. The van der Waals surface area contributed by atoms with Gasteiger partial charge in [0.05, 0.1) is 10.1 Å². The van der Waals surface area contributed by atoms with Gasteiger partial charge in [0.1, 0.15) is 48.2 Å². The lowest BCUT2D eigenvalue weighted by atomic mass is 10.0. The molecule has 3 amide bonds. The number of rotatable bonds is 6. The van der Waals surface area contributed by atoms with Crippen LogP contribution in [0.15, 0.2) is 16.4 Å². The minimum Gasteiger partial charge on any atom is -0.461 e. The summed E-state index contributed by atoms with van der Waals surface area (Å²) in [6, 6.07) is -1.05. The van der Waals surface area contributed by atoms with E-state index in [2.05, 4.69) is 20.3 Å². The molecular formula is C25H31N5O9S2. The zero-order chi connectivity index (χ0) is 30.4. The molecule has 0 saturated carbocycles. The molecule has 0 aromatic carbocycles. The fourth-order valence-corrected chi connectivity index (χ4v) is 7.14. The van der Waals surface area contributed by atoms with E-state index in [1.165, 1.54) is 35.6 Å². The third kappa shape index (κ3) is 6.17. The third-order valence-electron chi connectivity index (χ3n) is 5.67. The lowest BCUT2D eigenvalue weighted by Crippen LogP contribution is -2.71. The van der Waals surface area contributed by atoms with Crippen LogP contribution < -0.4 is 10.2 Å². The first kappa shape index (κ1) is 30.3. The van der Waals surface area contributed by atoms with Gasteiger partial charge >= 0.3 is 18.0 Å². The van der Waals surface area contributed by atoms with Crippen molar-refractivity contribution in [3.05, 3.63) is 16.1 Å². The first-order valence-electron chi connectivity index (χ1n) is 12.5. The highest BCUT2D eigenvalue weighted by Crippen LogP contribution is 2.59. The number of aromatic nitrogens is 1. The largest absolute Gasteiger partial charge is 0.461 e. The fourth-order valence-electron chi connectivity index (χ4n) is 4.30. The number of nitrogens with zero attached hydrogens (tertiary/aromatic N) is 4. The van der Waals surface area contributed by atoms with Gasteiger partial charge in [0.25, 0.3) is 11.8 Å². The van der Waals surface area contributed by atoms with Gasteiger partial charge in [0.2, 0.25) is 0 Å². The predicted octanol–water partition coefficient (Wildman–Crippen LogP) is 2.95. The number of carbonyl (C=O) groups excluding carboxylic acids is 5. The maximum absolute atomic E-state index is 13.7. The first-order chi connectivity index (χ1) is 19.0. The van der Waals surface area contributed by atoms with Crippen molar-refractivity contribution >= 4 is 70.1 Å². The van der Waals surface area contributed by atoms with E-state index in [9.17, 15) is 24.0 Å². The molecule has 4 rings (SSSR count). The minimum absolute atomic E-state index is 0.0583. The molecular weight excluding hydrogens is 578 g/mol. The Hall–Kier alpha value is -3.66. The molecule has 0 radical (unpaired) electrons. The number of β-lactam (4-membered cyclic amide) rings is 1. The fraction of sp³-hybridized carbons (Fsp3) is 0.560. The van der Waals surface area contributed by atoms with Gasteiger partial charge in [-0.15, -0.1) is 11.8 Å². The van der Waals surface area contributed by atoms with Crippen LogP contribution in [0.25, 0.3) is 0 Å². The number of thiazole rings is 1. The highest BCUT2D eigenvalue weighted by atomic mass is 32.2. The molecule has 1 aromatic rings. The average Bonchev–Trinajstić information content (AvgIpc) is 3.20. The van der Waals surface area contributed by atoms with Gasteiger partial charge < -0.3 is 19.0 Å². The second-order valence-corrected chi connectivity index (χ2v) is 13.4. The highest BCUT2D eigenvalue weighted by Gasteiger charge is 2.62. The molecule has 14 nitrogen and oxygen atoms in total. The maximum Gasteiger partial charge on any atom is 0.413 e. The van der Waals surface area contributed by atoms with Crippen LogP contribution in [0.3, 0.4) is 0 Å².